The van der Waals surface area contributed by atoms with Crippen molar-refractivity contribution in [3.05, 3.63) is 35.1 Å². The number of nitrogens with one attached hydrogen (secondary N) is 1. The van der Waals surface area contributed by atoms with Gasteiger partial charge in [0, 0.05) is 12.6 Å². The molecule has 2 rings (SSSR count). The fourth-order valence-corrected chi connectivity index (χ4v) is 2.56. The highest BCUT2D eigenvalue weighted by Crippen LogP contribution is 2.18. The van der Waals surface area contributed by atoms with Gasteiger partial charge in [-0.3, -0.25) is 4.90 Å². The van der Waals surface area contributed by atoms with Gasteiger partial charge >= 0.3 is 0 Å². The summed E-state index contributed by atoms with van der Waals surface area (Å²) >= 11 is 0. The molecule has 0 saturated carbocycles. The summed E-state index contributed by atoms with van der Waals surface area (Å²) < 4.78 is 39.2. The topological polar surface area (TPSA) is 15.3 Å². The standard InChI is InChI=1S/C14H19F3N2/c1-19(11-3-2-5-18-6-4-11)9-10-7-12(15)14(17)13(16)8-10/h7-8,11,18H,2-6,9H2,1H3. The van der Waals surface area contributed by atoms with Gasteiger partial charge in [0.25, 0.3) is 0 Å². The fraction of sp³-hybridized carbons (Fsp3) is 0.571. The molecule has 5 heteroatoms. The average Bonchev–Trinajstić information content (AvgIpc) is 2.64. The van der Waals surface area contributed by atoms with Crippen LogP contribution in [0.2, 0.25) is 0 Å². The normalized spacial score (nSPS) is 20.6. The van der Waals surface area contributed by atoms with Crippen molar-refractivity contribution in [3.63, 3.8) is 0 Å². The van der Waals surface area contributed by atoms with Gasteiger partial charge in [0.1, 0.15) is 0 Å². The number of rotatable bonds is 3. The second-order valence-corrected chi connectivity index (χ2v) is 5.12. The number of hydrogen-bond acceptors (Lipinski definition) is 2. The van der Waals surface area contributed by atoms with E-state index in [9.17, 15) is 13.2 Å². The molecule has 106 valence electrons. The Balaban J connectivity index is 2.03. The maximum atomic E-state index is 13.2. The molecule has 1 aliphatic heterocycles. The zero-order valence-corrected chi connectivity index (χ0v) is 11.1. The van der Waals surface area contributed by atoms with Crippen LogP contribution < -0.4 is 5.32 Å². The van der Waals surface area contributed by atoms with Gasteiger partial charge in [-0.25, -0.2) is 13.2 Å². The van der Waals surface area contributed by atoms with Gasteiger partial charge in [-0.2, -0.15) is 0 Å². The Morgan fingerprint density at radius 3 is 2.53 bits per heavy atom. The molecule has 2 nitrogen and oxygen atoms in total. The number of hydrogen-bond donors (Lipinski definition) is 1. The van der Waals surface area contributed by atoms with Crippen LogP contribution >= 0.6 is 0 Å². The molecule has 1 aromatic rings. The van der Waals surface area contributed by atoms with Crippen LogP contribution in [0.15, 0.2) is 12.1 Å². The minimum Gasteiger partial charge on any atom is -0.317 e. The van der Waals surface area contributed by atoms with E-state index in [1.54, 1.807) is 0 Å². The van der Waals surface area contributed by atoms with Crippen LogP contribution in [0.5, 0.6) is 0 Å². The van der Waals surface area contributed by atoms with Gasteiger partial charge in [-0.15, -0.1) is 0 Å². The lowest BCUT2D eigenvalue weighted by molar-refractivity contribution is 0.216. The number of nitrogens with zero attached hydrogens (tertiary/aromatic N) is 1. The summed E-state index contributed by atoms with van der Waals surface area (Å²) in [7, 11) is 1.94. The maximum absolute atomic E-state index is 13.2. The molecule has 1 fully saturated rings. The summed E-state index contributed by atoms with van der Waals surface area (Å²) in [6.45, 7) is 2.41. The molecule has 0 amide bonds. The third kappa shape index (κ3) is 3.70. The van der Waals surface area contributed by atoms with E-state index in [-0.39, 0.29) is 0 Å². The van der Waals surface area contributed by atoms with Crippen molar-refractivity contribution in [1.29, 1.82) is 0 Å². The van der Waals surface area contributed by atoms with E-state index in [4.69, 9.17) is 0 Å². The average molecular weight is 272 g/mol. The molecular formula is C14H19F3N2. The molecule has 0 aromatic heterocycles. The Morgan fingerprint density at radius 1 is 1.16 bits per heavy atom. The van der Waals surface area contributed by atoms with E-state index in [2.05, 4.69) is 10.2 Å². The van der Waals surface area contributed by atoms with Crippen molar-refractivity contribution >= 4 is 0 Å². The highest BCUT2D eigenvalue weighted by molar-refractivity contribution is 5.19. The highest BCUT2D eigenvalue weighted by Gasteiger charge is 2.18. The number of benzene rings is 1. The van der Waals surface area contributed by atoms with Crippen LogP contribution in [-0.2, 0) is 6.54 Å². The van der Waals surface area contributed by atoms with E-state index >= 15 is 0 Å². The molecule has 1 N–H and O–H groups in total. The fourth-order valence-electron chi connectivity index (χ4n) is 2.56. The molecule has 0 aliphatic carbocycles. The van der Waals surface area contributed by atoms with Crippen molar-refractivity contribution < 1.29 is 13.2 Å². The molecule has 1 atom stereocenters. The molecule has 1 saturated heterocycles. The van der Waals surface area contributed by atoms with Gasteiger partial charge < -0.3 is 5.32 Å². The molecule has 19 heavy (non-hydrogen) atoms. The lowest BCUT2D eigenvalue weighted by Crippen LogP contribution is -2.32. The lowest BCUT2D eigenvalue weighted by atomic mass is 10.1. The first-order valence-corrected chi connectivity index (χ1v) is 6.62. The minimum atomic E-state index is -1.40. The van der Waals surface area contributed by atoms with Gasteiger partial charge in [0.15, 0.2) is 17.5 Å². The summed E-state index contributed by atoms with van der Waals surface area (Å²) in [6, 6.07) is 2.54. The Kier molecular flexibility index (Phi) is 4.82. The summed E-state index contributed by atoms with van der Waals surface area (Å²) in [6.07, 6.45) is 3.18. The molecule has 1 aromatic carbocycles. The third-order valence-corrected chi connectivity index (χ3v) is 3.64. The first-order valence-electron chi connectivity index (χ1n) is 6.62. The van der Waals surface area contributed by atoms with Crippen molar-refractivity contribution in [2.24, 2.45) is 0 Å². The molecule has 1 unspecified atom stereocenters. The second-order valence-electron chi connectivity index (χ2n) is 5.12. The zero-order chi connectivity index (χ0) is 13.8. The van der Waals surface area contributed by atoms with Gasteiger partial charge in [-0.05, 0) is 57.1 Å². The molecular weight excluding hydrogens is 253 g/mol. The molecule has 1 aliphatic rings. The molecule has 1 heterocycles. The summed E-state index contributed by atoms with van der Waals surface area (Å²) in [5, 5.41) is 3.33. The first kappa shape index (κ1) is 14.3. The van der Waals surface area contributed by atoms with E-state index in [0.29, 0.717) is 18.2 Å². The predicted molar refractivity (Wildman–Crippen MR) is 68.3 cm³/mol. The lowest BCUT2D eigenvalue weighted by Gasteiger charge is -2.26. The van der Waals surface area contributed by atoms with E-state index in [1.807, 2.05) is 7.05 Å². The minimum absolute atomic E-state index is 0.395. The van der Waals surface area contributed by atoms with Crippen molar-refractivity contribution in [1.82, 2.24) is 10.2 Å². The van der Waals surface area contributed by atoms with Crippen LogP contribution in [0.25, 0.3) is 0 Å². The summed E-state index contributed by atoms with van der Waals surface area (Å²) in [5.41, 5.74) is 0.469. The van der Waals surface area contributed by atoms with Crippen LogP contribution in [-0.4, -0.2) is 31.1 Å². The van der Waals surface area contributed by atoms with Crippen LogP contribution in [0.1, 0.15) is 24.8 Å². The Bertz CT molecular complexity index is 406. The van der Waals surface area contributed by atoms with Crippen LogP contribution in [0.4, 0.5) is 13.2 Å². The quantitative estimate of drug-likeness (QED) is 0.851. The third-order valence-electron chi connectivity index (χ3n) is 3.64. The van der Waals surface area contributed by atoms with E-state index in [0.717, 1.165) is 44.5 Å². The van der Waals surface area contributed by atoms with Crippen LogP contribution in [0, 0.1) is 17.5 Å². The largest absolute Gasteiger partial charge is 0.317 e. The van der Waals surface area contributed by atoms with E-state index in [1.165, 1.54) is 0 Å². The van der Waals surface area contributed by atoms with Crippen molar-refractivity contribution in [2.45, 2.75) is 31.8 Å². The Labute approximate surface area is 111 Å². The van der Waals surface area contributed by atoms with Crippen LogP contribution in [0.3, 0.4) is 0 Å². The molecule has 0 bridgehead atoms. The Hall–Kier alpha value is -1.07. The second kappa shape index (κ2) is 6.39. The van der Waals surface area contributed by atoms with Crippen molar-refractivity contribution in [3.8, 4) is 0 Å². The summed E-state index contributed by atoms with van der Waals surface area (Å²) in [5.74, 6) is -3.64. The van der Waals surface area contributed by atoms with Gasteiger partial charge in [-0.1, -0.05) is 0 Å². The smallest absolute Gasteiger partial charge is 0.194 e. The first-order chi connectivity index (χ1) is 9.08. The monoisotopic (exact) mass is 272 g/mol. The molecule has 0 spiro atoms. The van der Waals surface area contributed by atoms with E-state index < -0.39 is 17.5 Å². The predicted octanol–water partition coefficient (Wildman–Crippen LogP) is 2.68. The van der Waals surface area contributed by atoms with Gasteiger partial charge in [0.2, 0.25) is 0 Å². The summed E-state index contributed by atoms with van der Waals surface area (Å²) in [4.78, 5) is 2.08. The number of halogens is 3. The SMILES string of the molecule is CN(Cc1cc(F)c(F)c(F)c1)C1CCCNCC1. The Morgan fingerprint density at radius 2 is 1.84 bits per heavy atom. The van der Waals surface area contributed by atoms with Crippen molar-refractivity contribution in [2.75, 3.05) is 20.1 Å². The highest BCUT2D eigenvalue weighted by atomic mass is 19.2. The van der Waals surface area contributed by atoms with Gasteiger partial charge in [0.05, 0.1) is 0 Å². The maximum Gasteiger partial charge on any atom is 0.194 e. The zero-order valence-electron chi connectivity index (χ0n) is 11.1. The molecule has 0 radical (unpaired) electrons.